The number of benzene rings is 1. The molecule has 2 heterocycles. The summed E-state index contributed by atoms with van der Waals surface area (Å²) in [5, 5.41) is 2.76. The van der Waals surface area contributed by atoms with Gasteiger partial charge in [-0.05, 0) is 37.1 Å². The molecule has 4 nitrogen and oxygen atoms in total. The quantitative estimate of drug-likeness (QED) is 0.924. The van der Waals surface area contributed by atoms with Crippen LogP contribution in [-0.4, -0.2) is 24.0 Å². The van der Waals surface area contributed by atoms with Gasteiger partial charge in [0.25, 0.3) is 5.91 Å². The Morgan fingerprint density at radius 1 is 1.08 bits per heavy atom. The number of aromatic nitrogens is 1. The lowest BCUT2D eigenvalue weighted by atomic mass is 10.2. The van der Waals surface area contributed by atoms with Crippen molar-refractivity contribution in [2.45, 2.75) is 19.0 Å². The van der Waals surface area contributed by atoms with Gasteiger partial charge in [0.05, 0.1) is 16.9 Å². The molecule has 0 atom stereocenters. The summed E-state index contributed by atoms with van der Waals surface area (Å²) in [6.45, 7) is 1.85. The fourth-order valence-corrected chi connectivity index (χ4v) is 2.70. The fourth-order valence-electron chi connectivity index (χ4n) is 2.70. The molecule has 0 saturated carbocycles. The van der Waals surface area contributed by atoms with E-state index < -0.39 is 17.8 Å². The van der Waals surface area contributed by atoms with Gasteiger partial charge in [0, 0.05) is 19.3 Å². The van der Waals surface area contributed by atoms with Crippen LogP contribution in [0.5, 0.6) is 0 Å². The van der Waals surface area contributed by atoms with Gasteiger partial charge in [-0.3, -0.25) is 9.78 Å². The van der Waals surface area contributed by atoms with Gasteiger partial charge >= 0.3 is 6.18 Å². The Labute approximate surface area is 137 Å². The highest BCUT2D eigenvalue weighted by atomic mass is 19.4. The molecule has 1 aliphatic rings. The van der Waals surface area contributed by atoms with Crippen LogP contribution in [-0.2, 0) is 6.18 Å². The Morgan fingerprint density at radius 3 is 2.42 bits per heavy atom. The molecular formula is C17H16F3N3O. The van der Waals surface area contributed by atoms with Crippen LogP contribution in [0.15, 0.2) is 42.6 Å². The summed E-state index contributed by atoms with van der Waals surface area (Å²) in [6, 6.07) is 9.34. The molecular weight excluding hydrogens is 319 g/mol. The van der Waals surface area contributed by atoms with E-state index in [1.54, 1.807) is 12.1 Å². The van der Waals surface area contributed by atoms with Crippen LogP contribution in [0.4, 0.5) is 24.5 Å². The largest absolute Gasteiger partial charge is 0.433 e. The highest BCUT2D eigenvalue weighted by Crippen LogP contribution is 2.30. The number of halogens is 3. The molecule has 0 unspecified atom stereocenters. The summed E-state index contributed by atoms with van der Waals surface area (Å²) in [5.74, 6) is -0.483. The van der Waals surface area contributed by atoms with E-state index in [9.17, 15) is 18.0 Å². The van der Waals surface area contributed by atoms with Gasteiger partial charge in [0.15, 0.2) is 0 Å². The van der Waals surface area contributed by atoms with Crippen molar-refractivity contribution in [2.24, 2.45) is 0 Å². The minimum absolute atomic E-state index is 0.0826. The highest BCUT2D eigenvalue weighted by Gasteiger charge is 2.32. The number of pyridine rings is 1. The standard InChI is InChI=1S/C17H16F3N3O/c18-17(19,20)15-8-7-12(11-21-15)16(24)22-13-5-1-2-6-14(13)23-9-3-4-10-23/h1-2,5-8,11H,3-4,9-10H2,(H,22,24). The number of carbonyl (C=O) groups excluding carboxylic acids is 1. The summed E-state index contributed by atoms with van der Waals surface area (Å²) >= 11 is 0. The lowest BCUT2D eigenvalue weighted by Gasteiger charge is -2.21. The summed E-state index contributed by atoms with van der Waals surface area (Å²) in [5.41, 5.74) is 0.628. The minimum Gasteiger partial charge on any atom is -0.370 e. The van der Waals surface area contributed by atoms with Crippen molar-refractivity contribution in [3.63, 3.8) is 0 Å². The minimum atomic E-state index is -4.52. The summed E-state index contributed by atoms with van der Waals surface area (Å²) in [6.07, 6.45) is -1.37. The number of nitrogens with one attached hydrogen (secondary N) is 1. The smallest absolute Gasteiger partial charge is 0.370 e. The first-order chi connectivity index (χ1) is 11.4. The van der Waals surface area contributed by atoms with Crippen LogP contribution in [0.1, 0.15) is 28.9 Å². The third-order valence-corrected chi connectivity index (χ3v) is 3.92. The van der Waals surface area contributed by atoms with Crippen LogP contribution < -0.4 is 10.2 Å². The Morgan fingerprint density at radius 2 is 1.79 bits per heavy atom. The molecule has 126 valence electrons. The molecule has 0 spiro atoms. The van der Waals surface area contributed by atoms with Crippen LogP contribution >= 0.6 is 0 Å². The van der Waals surface area contributed by atoms with E-state index >= 15 is 0 Å². The van der Waals surface area contributed by atoms with Crippen molar-refractivity contribution in [1.82, 2.24) is 4.98 Å². The zero-order valence-electron chi connectivity index (χ0n) is 12.8. The van der Waals surface area contributed by atoms with Gasteiger partial charge in [0.1, 0.15) is 5.69 Å². The van der Waals surface area contributed by atoms with Crippen LogP contribution in [0.3, 0.4) is 0 Å². The molecule has 1 fully saturated rings. The molecule has 0 bridgehead atoms. The highest BCUT2D eigenvalue weighted by molar-refractivity contribution is 6.05. The van der Waals surface area contributed by atoms with E-state index in [4.69, 9.17) is 0 Å². The van der Waals surface area contributed by atoms with Crippen molar-refractivity contribution in [1.29, 1.82) is 0 Å². The number of rotatable bonds is 3. The predicted octanol–water partition coefficient (Wildman–Crippen LogP) is 3.95. The summed E-state index contributed by atoms with van der Waals surface area (Å²) < 4.78 is 37.6. The fraction of sp³-hybridized carbons (Fsp3) is 0.294. The Bertz CT molecular complexity index is 723. The number of nitrogens with zero attached hydrogens (tertiary/aromatic N) is 2. The van der Waals surface area contributed by atoms with E-state index in [2.05, 4.69) is 15.2 Å². The second-order valence-electron chi connectivity index (χ2n) is 5.60. The van der Waals surface area contributed by atoms with Crippen LogP contribution in [0.2, 0.25) is 0 Å². The second-order valence-corrected chi connectivity index (χ2v) is 5.60. The number of hydrogen-bond acceptors (Lipinski definition) is 3. The SMILES string of the molecule is O=C(Nc1ccccc1N1CCCC1)c1ccc(C(F)(F)F)nc1. The molecule has 1 aromatic heterocycles. The maximum atomic E-state index is 12.5. The van der Waals surface area contributed by atoms with E-state index in [1.807, 2.05) is 12.1 Å². The average Bonchev–Trinajstić information content (AvgIpc) is 3.09. The molecule has 1 N–H and O–H groups in total. The number of alkyl halides is 3. The normalized spacial score (nSPS) is 14.7. The first-order valence-corrected chi connectivity index (χ1v) is 7.64. The monoisotopic (exact) mass is 335 g/mol. The van der Waals surface area contributed by atoms with Gasteiger partial charge in [0.2, 0.25) is 0 Å². The van der Waals surface area contributed by atoms with Crippen LogP contribution in [0, 0.1) is 0 Å². The molecule has 1 amide bonds. The second kappa shape index (κ2) is 6.51. The molecule has 1 aliphatic heterocycles. The maximum absolute atomic E-state index is 12.5. The van der Waals surface area contributed by atoms with Crippen molar-refractivity contribution >= 4 is 17.3 Å². The number of anilines is 2. The average molecular weight is 335 g/mol. The molecule has 0 radical (unpaired) electrons. The topological polar surface area (TPSA) is 45.2 Å². The zero-order valence-corrected chi connectivity index (χ0v) is 12.8. The van der Waals surface area contributed by atoms with Gasteiger partial charge in [-0.1, -0.05) is 12.1 Å². The van der Waals surface area contributed by atoms with Crippen molar-refractivity contribution in [3.8, 4) is 0 Å². The molecule has 24 heavy (non-hydrogen) atoms. The van der Waals surface area contributed by atoms with E-state index in [-0.39, 0.29) is 5.56 Å². The lowest BCUT2D eigenvalue weighted by Crippen LogP contribution is -2.21. The number of amides is 1. The molecule has 2 aromatic rings. The van der Waals surface area contributed by atoms with Gasteiger partial charge in [-0.15, -0.1) is 0 Å². The third kappa shape index (κ3) is 3.50. The molecule has 3 rings (SSSR count). The summed E-state index contributed by atoms with van der Waals surface area (Å²) in [4.78, 5) is 17.8. The number of para-hydroxylation sites is 2. The molecule has 1 saturated heterocycles. The van der Waals surface area contributed by atoms with Gasteiger partial charge in [-0.25, -0.2) is 0 Å². The molecule has 0 aliphatic carbocycles. The van der Waals surface area contributed by atoms with Gasteiger partial charge in [-0.2, -0.15) is 13.2 Å². The van der Waals surface area contributed by atoms with E-state index in [0.29, 0.717) is 5.69 Å². The number of hydrogen-bond donors (Lipinski definition) is 1. The third-order valence-electron chi connectivity index (χ3n) is 3.92. The zero-order chi connectivity index (χ0) is 17.2. The Kier molecular flexibility index (Phi) is 4.42. The molecule has 1 aromatic carbocycles. The Hall–Kier alpha value is -2.57. The molecule has 7 heteroatoms. The van der Waals surface area contributed by atoms with E-state index in [1.165, 1.54) is 0 Å². The summed E-state index contributed by atoms with van der Waals surface area (Å²) in [7, 11) is 0. The number of carbonyl (C=O) groups is 1. The predicted molar refractivity (Wildman–Crippen MR) is 85.1 cm³/mol. The van der Waals surface area contributed by atoms with Crippen molar-refractivity contribution in [2.75, 3.05) is 23.3 Å². The first-order valence-electron chi connectivity index (χ1n) is 7.64. The first kappa shape index (κ1) is 16.3. The van der Waals surface area contributed by atoms with Crippen molar-refractivity contribution < 1.29 is 18.0 Å². The van der Waals surface area contributed by atoms with E-state index in [0.717, 1.165) is 49.9 Å². The van der Waals surface area contributed by atoms with Crippen LogP contribution in [0.25, 0.3) is 0 Å². The Balaban J connectivity index is 1.78. The maximum Gasteiger partial charge on any atom is 0.433 e. The van der Waals surface area contributed by atoms with Gasteiger partial charge < -0.3 is 10.2 Å². The lowest BCUT2D eigenvalue weighted by molar-refractivity contribution is -0.141. The van der Waals surface area contributed by atoms with Crippen molar-refractivity contribution in [3.05, 3.63) is 53.9 Å².